The highest BCUT2D eigenvalue weighted by Crippen LogP contribution is 2.29. The molecule has 1 aliphatic rings. The van der Waals surface area contributed by atoms with Crippen molar-refractivity contribution in [1.82, 2.24) is 15.3 Å². The third kappa shape index (κ3) is 8.47. The second kappa shape index (κ2) is 15.3. The van der Waals surface area contributed by atoms with Crippen LogP contribution in [0.1, 0.15) is 96.6 Å². The summed E-state index contributed by atoms with van der Waals surface area (Å²) in [5.41, 5.74) is 3.37. The Balaban J connectivity index is 1.51. The highest BCUT2D eigenvalue weighted by Gasteiger charge is 2.33. The van der Waals surface area contributed by atoms with Crippen molar-refractivity contribution in [3.63, 3.8) is 0 Å². The Kier molecular flexibility index (Phi) is 11.5. The SMILES string of the molecule is COc1cccc2[nH]c(C(=O)C[C@@H](CC(C)C)C(=O)N[C@@H](C[C@@H]3CCCCC3=O)C(=O)COC(=O)c3c(C)cc(C)nc3C)cc12. The maximum atomic E-state index is 13.8. The Morgan fingerprint density at radius 3 is 2.52 bits per heavy atom. The third-order valence-electron chi connectivity index (χ3n) is 8.68. The molecule has 1 aromatic carbocycles. The summed E-state index contributed by atoms with van der Waals surface area (Å²) >= 11 is 0. The number of aryl methyl sites for hydroxylation is 3. The van der Waals surface area contributed by atoms with Crippen LogP contribution in [0.5, 0.6) is 5.75 Å². The van der Waals surface area contributed by atoms with E-state index >= 15 is 0 Å². The Morgan fingerprint density at radius 2 is 1.85 bits per heavy atom. The van der Waals surface area contributed by atoms with Crippen LogP contribution < -0.4 is 10.1 Å². The third-order valence-corrected chi connectivity index (χ3v) is 8.68. The van der Waals surface area contributed by atoms with Gasteiger partial charge in [0, 0.05) is 41.3 Å². The number of Topliss-reactive ketones (excluding diaryl/α,β-unsaturated/α-hetero) is 3. The van der Waals surface area contributed by atoms with Gasteiger partial charge in [0.05, 0.1) is 30.1 Å². The first-order valence-corrected chi connectivity index (χ1v) is 16.0. The highest BCUT2D eigenvalue weighted by atomic mass is 16.5. The summed E-state index contributed by atoms with van der Waals surface area (Å²) in [6.07, 6.45) is 3.19. The van der Waals surface area contributed by atoms with E-state index in [1.165, 1.54) is 0 Å². The first kappa shape index (κ1) is 34.5. The van der Waals surface area contributed by atoms with Crippen LogP contribution in [0.2, 0.25) is 0 Å². The van der Waals surface area contributed by atoms with E-state index in [4.69, 9.17) is 9.47 Å². The second-order valence-corrected chi connectivity index (χ2v) is 12.8. The van der Waals surface area contributed by atoms with Crippen LogP contribution in [0, 0.1) is 38.5 Å². The van der Waals surface area contributed by atoms with Crippen molar-refractivity contribution in [3.05, 3.63) is 58.5 Å². The molecule has 0 bridgehead atoms. The molecule has 0 spiro atoms. The number of pyridine rings is 1. The van der Waals surface area contributed by atoms with E-state index in [0.29, 0.717) is 47.5 Å². The average molecular weight is 632 g/mol. The van der Waals surface area contributed by atoms with Crippen LogP contribution in [0.4, 0.5) is 0 Å². The van der Waals surface area contributed by atoms with E-state index in [0.717, 1.165) is 29.4 Å². The summed E-state index contributed by atoms with van der Waals surface area (Å²) < 4.78 is 10.9. The first-order chi connectivity index (χ1) is 21.9. The number of H-pyrrole nitrogens is 1. The Morgan fingerprint density at radius 1 is 1.09 bits per heavy atom. The molecule has 3 atom stereocenters. The predicted octanol–water partition coefficient (Wildman–Crippen LogP) is 5.79. The molecular formula is C36H45N3O7. The van der Waals surface area contributed by atoms with Gasteiger partial charge in [-0.15, -0.1) is 0 Å². The number of hydrogen-bond acceptors (Lipinski definition) is 8. The molecule has 2 heterocycles. The van der Waals surface area contributed by atoms with Crippen molar-refractivity contribution < 1.29 is 33.4 Å². The van der Waals surface area contributed by atoms with Gasteiger partial charge in [0.15, 0.2) is 18.2 Å². The van der Waals surface area contributed by atoms with Crippen LogP contribution in [-0.2, 0) is 19.1 Å². The maximum absolute atomic E-state index is 13.8. The standard InChI is InChI=1S/C36H45N3O7/c1-20(2)14-25(17-31(41)29-18-26-27(38-29)11-9-13-33(26)45-6)35(43)39-28(16-24-10-7-8-12-30(24)40)32(42)19-46-36(44)34-21(3)15-22(4)37-23(34)5/h9,11,13,15,18,20,24-25,28,38H,7-8,10,12,14,16-17,19H2,1-6H3,(H,39,43)/t24-,25+,28-/m0/s1. The maximum Gasteiger partial charge on any atom is 0.340 e. The van der Waals surface area contributed by atoms with Crippen LogP contribution in [-0.4, -0.2) is 59.0 Å². The number of benzene rings is 1. The molecule has 1 amide bonds. The van der Waals surface area contributed by atoms with Gasteiger partial charge < -0.3 is 19.8 Å². The molecule has 10 nitrogen and oxygen atoms in total. The normalized spacial score (nSPS) is 16.2. The zero-order chi connectivity index (χ0) is 33.5. The smallest absolute Gasteiger partial charge is 0.340 e. The first-order valence-electron chi connectivity index (χ1n) is 16.0. The molecule has 0 saturated heterocycles. The van der Waals surface area contributed by atoms with Crippen molar-refractivity contribution in [2.24, 2.45) is 17.8 Å². The lowest BCUT2D eigenvalue weighted by molar-refractivity contribution is -0.133. The number of aromatic nitrogens is 2. The number of carbonyl (C=O) groups excluding carboxylic acids is 5. The molecule has 0 radical (unpaired) electrons. The number of carbonyl (C=O) groups is 5. The van der Waals surface area contributed by atoms with Crippen molar-refractivity contribution in [2.45, 2.75) is 85.6 Å². The van der Waals surface area contributed by atoms with Gasteiger partial charge in [0.1, 0.15) is 11.5 Å². The molecule has 0 aliphatic heterocycles. The molecule has 3 aromatic rings. The molecular weight excluding hydrogens is 586 g/mol. The lowest BCUT2D eigenvalue weighted by atomic mass is 9.82. The molecule has 1 fully saturated rings. The van der Waals surface area contributed by atoms with E-state index in [1.807, 2.05) is 39.0 Å². The molecule has 0 unspecified atom stereocenters. The molecule has 2 aromatic heterocycles. The lowest BCUT2D eigenvalue weighted by Gasteiger charge is -2.27. The quantitative estimate of drug-likeness (QED) is 0.168. The van der Waals surface area contributed by atoms with Crippen molar-refractivity contribution in [1.29, 1.82) is 0 Å². The van der Waals surface area contributed by atoms with Gasteiger partial charge >= 0.3 is 5.97 Å². The summed E-state index contributed by atoms with van der Waals surface area (Å²) in [5.74, 6) is -2.17. The number of nitrogens with one attached hydrogen (secondary N) is 2. The van der Waals surface area contributed by atoms with Gasteiger partial charge in [-0.2, -0.15) is 0 Å². The molecule has 10 heteroatoms. The summed E-state index contributed by atoms with van der Waals surface area (Å²) in [6, 6.07) is 7.93. The fourth-order valence-corrected chi connectivity index (χ4v) is 6.43. The van der Waals surface area contributed by atoms with Crippen LogP contribution in [0.3, 0.4) is 0 Å². The number of nitrogens with zero attached hydrogens (tertiary/aromatic N) is 1. The molecule has 46 heavy (non-hydrogen) atoms. The average Bonchev–Trinajstić information content (AvgIpc) is 3.44. The highest BCUT2D eigenvalue weighted by molar-refractivity contribution is 6.03. The number of fused-ring (bicyclic) bond motifs is 1. The fraction of sp³-hybridized carbons (Fsp3) is 0.500. The number of ketones is 3. The zero-order valence-electron chi connectivity index (χ0n) is 27.7. The molecule has 1 saturated carbocycles. The summed E-state index contributed by atoms with van der Waals surface area (Å²) in [6.45, 7) is 8.67. The minimum Gasteiger partial charge on any atom is -0.496 e. The molecule has 4 rings (SSSR count). The monoisotopic (exact) mass is 631 g/mol. The van der Waals surface area contributed by atoms with Gasteiger partial charge in [0.25, 0.3) is 0 Å². The summed E-state index contributed by atoms with van der Waals surface area (Å²) in [4.78, 5) is 74.0. The van der Waals surface area contributed by atoms with E-state index in [2.05, 4.69) is 15.3 Å². The van der Waals surface area contributed by atoms with Gasteiger partial charge in [-0.05, 0) is 82.2 Å². The van der Waals surface area contributed by atoms with Crippen molar-refractivity contribution in [3.8, 4) is 5.75 Å². The number of hydrogen-bond donors (Lipinski definition) is 2. The van der Waals surface area contributed by atoms with Gasteiger partial charge in [-0.25, -0.2) is 4.79 Å². The summed E-state index contributed by atoms with van der Waals surface area (Å²) in [5, 5.41) is 3.62. The molecule has 2 N–H and O–H groups in total. The molecule has 246 valence electrons. The van der Waals surface area contributed by atoms with Crippen LogP contribution in [0.15, 0.2) is 30.3 Å². The minimum absolute atomic E-state index is 0.0652. The molecule has 1 aliphatic carbocycles. The lowest BCUT2D eigenvalue weighted by Crippen LogP contribution is -2.47. The number of ether oxygens (including phenoxy) is 2. The van der Waals surface area contributed by atoms with Gasteiger partial charge in [-0.1, -0.05) is 26.3 Å². The zero-order valence-corrected chi connectivity index (χ0v) is 27.7. The van der Waals surface area contributed by atoms with Crippen LogP contribution >= 0.6 is 0 Å². The number of amides is 1. The van der Waals surface area contributed by atoms with E-state index in [-0.39, 0.29) is 36.2 Å². The Labute approximate surface area is 270 Å². The number of aromatic amines is 1. The van der Waals surface area contributed by atoms with Gasteiger partial charge in [0.2, 0.25) is 5.91 Å². The van der Waals surface area contributed by atoms with Crippen molar-refractivity contribution >= 4 is 40.1 Å². The van der Waals surface area contributed by atoms with E-state index in [9.17, 15) is 24.0 Å². The van der Waals surface area contributed by atoms with Crippen LogP contribution in [0.25, 0.3) is 10.9 Å². The predicted molar refractivity (Wildman–Crippen MR) is 174 cm³/mol. The van der Waals surface area contributed by atoms with E-state index in [1.54, 1.807) is 33.1 Å². The number of esters is 1. The largest absolute Gasteiger partial charge is 0.496 e. The minimum atomic E-state index is -1.05. The topological polar surface area (TPSA) is 145 Å². The van der Waals surface area contributed by atoms with Gasteiger partial charge in [-0.3, -0.25) is 24.2 Å². The number of methoxy groups -OCH3 is 1. The fourth-order valence-electron chi connectivity index (χ4n) is 6.43. The van der Waals surface area contributed by atoms with Crippen molar-refractivity contribution in [2.75, 3.05) is 13.7 Å². The van der Waals surface area contributed by atoms with E-state index < -0.39 is 36.2 Å². The summed E-state index contributed by atoms with van der Waals surface area (Å²) in [7, 11) is 1.56. The second-order valence-electron chi connectivity index (χ2n) is 12.8. The Hall–Kier alpha value is -4.34. The number of rotatable bonds is 14. The Bertz CT molecular complexity index is 1600.